The Labute approximate surface area is 112 Å². The second-order valence-electron chi connectivity index (χ2n) is 3.56. The van der Waals surface area contributed by atoms with Crippen LogP contribution in [0.15, 0.2) is 22.8 Å². The first-order chi connectivity index (χ1) is 8.04. The summed E-state index contributed by atoms with van der Waals surface area (Å²) in [4.78, 5) is 4.38. The molecule has 0 saturated carbocycles. The Morgan fingerprint density at radius 3 is 2.76 bits per heavy atom. The van der Waals surface area contributed by atoms with E-state index in [-0.39, 0.29) is 5.02 Å². The molecule has 3 nitrogen and oxygen atoms in total. The van der Waals surface area contributed by atoms with E-state index < -0.39 is 5.82 Å². The molecule has 2 N–H and O–H groups in total. The molecule has 0 unspecified atom stereocenters. The van der Waals surface area contributed by atoms with Gasteiger partial charge < -0.3 is 10.3 Å². The van der Waals surface area contributed by atoms with E-state index in [1.54, 1.807) is 12.1 Å². The predicted octanol–water partition coefficient (Wildman–Crippen LogP) is 3.10. The molecule has 1 heterocycles. The van der Waals surface area contributed by atoms with Crippen molar-refractivity contribution in [1.29, 1.82) is 0 Å². The molecular weight excluding hydrogens is 308 g/mol. The lowest BCUT2D eigenvalue weighted by Crippen LogP contribution is -2.04. The molecule has 0 amide bonds. The number of hydrogen-bond acceptors (Lipinski definition) is 2. The molecule has 17 heavy (non-hydrogen) atoms. The van der Waals surface area contributed by atoms with Gasteiger partial charge in [-0.05, 0) is 34.1 Å². The Morgan fingerprint density at radius 1 is 1.53 bits per heavy atom. The van der Waals surface area contributed by atoms with Crippen molar-refractivity contribution in [2.24, 2.45) is 12.8 Å². The number of benzene rings is 1. The first kappa shape index (κ1) is 12.5. The molecule has 0 spiro atoms. The summed E-state index contributed by atoms with van der Waals surface area (Å²) < 4.78 is 15.7. The van der Waals surface area contributed by atoms with Gasteiger partial charge in [0.2, 0.25) is 0 Å². The van der Waals surface area contributed by atoms with E-state index in [0.29, 0.717) is 12.2 Å². The van der Waals surface area contributed by atoms with Crippen LogP contribution in [-0.2, 0) is 13.6 Å². The zero-order valence-corrected chi connectivity index (χ0v) is 11.4. The van der Waals surface area contributed by atoms with Gasteiger partial charge in [0.1, 0.15) is 21.9 Å². The van der Waals surface area contributed by atoms with Gasteiger partial charge in [-0.3, -0.25) is 0 Å². The zero-order chi connectivity index (χ0) is 12.6. The highest BCUT2D eigenvalue weighted by Crippen LogP contribution is 2.30. The topological polar surface area (TPSA) is 43.8 Å². The fourth-order valence-electron chi connectivity index (χ4n) is 1.53. The maximum atomic E-state index is 13.1. The molecule has 0 aliphatic heterocycles. The number of halogens is 3. The van der Waals surface area contributed by atoms with Gasteiger partial charge in [0.15, 0.2) is 0 Å². The highest BCUT2D eigenvalue weighted by Gasteiger charge is 2.14. The number of imidazole rings is 1. The third kappa shape index (κ3) is 2.22. The van der Waals surface area contributed by atoms with Crippen molar-refractivity contribution in [3.8, 4) is 11.3 Å². The molecular formula is C11H10BrClFN3. The second kappa shape index (κ2) is 4.76. The second-order valence-corrected chi connectivity index (χ2v) is 4.72. The molecule has 6 heteroatoms. The highest BCUT2D eigenvalue weighted by molar-refractivity contribution is 9.10. The van der Waals surface area contributed by atoms with Crippen molar-refractivity contribution in [2.75, 3.05) is 0 Å². The van der Waals surface area contributed by atoms with E-state index in [4.69, 9.17) is 17.3 Å². The van der Waals surface area contributed by atoms with Gasteiger partial charge in [-0.2, -0.15) is 0 Å². The summed E-state index contributed by atoms with van der Waals surface area (Å²) in [5, 5.41) is 0.0781. The van der Waals surface area contributed by atoms with E-state index in [9.17, 15) is 4.39 Å². The van der Waals surface area contributed by atoms with Crippen molar-refractivity contribution in [3.05, 3.63) is 39.5 Å². The number of nitrogens with two attached hydrogens (primary N) is 1. The largest absolute Gasteiger partial charge is 0.324 e. The van der Waals surface area contributed by atoms with Crippen molar-refractivity contribution in [2.45, 2.75) is 6.54 Å². The van der Waals surface area contributed by atoms with Crippen LogP contribution >= 0.6 is 27.5 Å². The van der Waals surface area contributed by atoms with Crippen LogP contribution in [0.1, 0.15) is 5.82 Å². The molecule has 1 aromatic carbocycles. The summed E-state index contributed by atoms with van der Waals surface area (Å²) in [6.07, 6.45) is 0. The van der Waals surface area contributed by atoms with Crippen LogP contribution in [0, 0.1) is 5.82 Å². The maximum Gasteiger partial charge on any atom is 0.141 e. The summed E-state index contributed by atoms with van der Waals surface area (Å²) in [6.45, 7) is 0.337. The van der Waals surface area contributed by atoms with Crippen molar-refractivity contribution >= 4 is 27.5 Å². The van der Waals surface area contributed by atoms with Crippen molar-refractivity contribution in [3.63, 3.8) is 0 Å². The summed E-state index contributed by atoms with van der Waals surface area (Å²) in [5.74, 6) is 0.300. The lowest BCUT2D eigenvalue weighted by Gasteiger charge is -2.00. The van der Waals surface area contributed by atoms with Gasteiger partial charge in [-0.15, -0.1) is 0 Å². The molecule has 0 bridgehead atoms. The molecule has 0 atom stereocenters. The first-order valence-corrected chi connectivity index (χ1v) is 6.08. The molecule has 90 valence electrons. The fourth-order valence-corrected chi connectivity index (χ4v) is 2.23. The molecule has 0 fully saturated rings. The molecule has 0 saturated heterocycles. The van der Waals surface area contributed by atoms with Crippen LogP contribution in [-0.4, -0.2) is 9.55 Å². The minimum atomic E-state index is -0.443. The molecule has 0 radical (unpaired) electrons. The molecule has 0 aliphatic rings. The standard InChI is InChI=1S/C11H10BrClFN3/c1-17-9(5-15)16-10(11(17)12)6-2-3-8(14)7(13)4-6/h2-4H,5,15H2,1H3. The number of aromatic nitrogens is 2. The third-order valence-electron chi connectivity index (χ3n) is 2.49. The number of nitrogens with zero attached hydrogens (tertiary/aromatic N) is 2. The van der Waals surface area contributed by atoms with Crippen LogP contribution in [0.3, 0.4) is 0 Å². The van der Waals surface area contributed by atoms with Crippen LogP contribution in [0.25, 0.3) is 11.3 Å². The van der Waals surface area contributed by atoms with Crippen LogP contribution in [0.2, 0.25) is 5.02 Å². The van der Waals surface area contributed by atoms with E-state index >= 15 is 0 Å². The lowest BCUT2D eigenvalue weighted by molar-refractivity contribution is 0.628. The zero-order valence-electron chi connectivity index (χ0n) is 9.04. The molecule has 0 aliphatic carbocycles. The number of rotatable bonds is 2. The Morgan fingerprint density at radius 2 is 2.24 bits per heavy atom. The van der Waals surface area contributed by atoms with Crippen LogP contribution in [0.5, 0.6) is 0 Å². The lowest BCUT2D eigenvalue weighted by atomic mass is 10.2. The summed E-state index contributed by atoms with van der Waals surface area (Å²) >= 11 is 9.18. The Kier molecular flexibility index (Phi) is 3.51. The molecule has 2 aromatic rings. The Hall–Kier alpha value is -0.910. The van der Waals surface area contributed by atoms with Gasteiger partial charge in [-0.25, -0.2) is 9.37 Å². The predicted molar refractivity (Wildman–Crippen MR) is 69.2 cm³/mol. The van der Waals surface area contributed by atoms with Gasteiger partial charge in [-0.1, -0.05) is 11.6 Å². The van der Waals surface area contributed by atoms with Crippen molar-refractivity contribution < 1.29 is 4.39 Å². The van der Waals surface area contributed by atoms with Gasteiger partial charge >= 0.3 is 0 Å². The van der Waals surface area contributed by atoms with E-state index in [1.807, 2.05) is 11.6 Å². The average Bonchev–Trinajstić information content (AvgIpc) is 2.60. The SMILES string of the molecule is Cn1c(CN)nc(-c2ccc(F)c(Cl)c2)c1Br. The van der Waals surface area contributed by atoms with Gasteiger partial charge in [0, 0.05) is 12.6 Å². The van der Waals surface area contributed by atoms with Gasteiger partial charge in [0.25, 0.3) is 0 Å². The van der Waals surface area contributed by atoms with Crippen LogP contribution in [0.4, 0.5) is 4.39 Å². The Balaban J connectivity index is 2.56. The third-order valence-corrected chi connectivity index (χ3v) is 3.69. The smallest absolute Gasteiger partial charge is 0.141 e. The monoisotopic (exact) mass is 317 g/mol. The fraction of sp³-hybridized carbons (Fsp3) is 0.182. The first-order valence-electron chi connectivity index (χ1n) is 4.91. The van der Waals surface area contributed by atoms with E-state index in [1.165, 1.54) is 6.07 Å². The number of hydrogen-bond donors (Lipinski definition) is 1. The normalized spacial score (nSPS) is 10.9. The summed E-state index contributed by atoms with van der Waals surface area (Å²) in [6, 6.07) is 4.50. The highest BCUT2D eigenvalue weighted by atomic mass is 79.9. The summed E-state index contributed by atoms with van der Waals surface area (Å²) in [5.41, 5.74) is 7.03. The van der Waals surface area contributed by atoms with Crippen molar-refractivity contribution in [1.82, 2.24) is 9.55 Å². The van der Waals surface area contributed by atoms with E-state index in [0.717, 1.165) is 16.0 Å². The minimum absolute atomic E-state index is 0.0781. The maximum absolute atomic E-state index is 13.1. The minimum Gasteiger partial charge on any atom is -0.324 e. The molecule has 1 aromatic heterocycles. The molecule has 2 rings (SSSR count). The van der Waals surface area contributed by atoms with Gasteiger partial charge in [0.05, 0.1) is 11.6 Å². The summed E-state index contributed by atoms with van der Waals surface area (Å²) in [7, 11) is 1.86. The average molecular weight is 319 g/mol. The Bertz CT molecular complexity index is 568. The quantitative estimate of drug-likeness (QED) is 0.924. The van der Waals surface area contributed by atoms with Crippen LogP contribution < -0.4 is 5.73 Å². The van der Waals surface area contributed by atoms with E-state index in [2.05, 4.69) is 20.9 Å².